The monoisotopic (exact) mass is 518 g/mol. The molecule has 1 N–H and O–H groups in total. The van der Waals surface area contributed by atoms with Crippen molar-refractivity contribution in [3.05, 3.63) is 69.7 Å². The van der Waals surface area contributed by atoms with E-state index in [1.165, 1.54) is 0 Å². The lowest BCUT2D eigenvalue weighted by Gasteiger charge is -2.49. The summed E-state index contributed by atoms with van der Waals surface area (Å²) in [6.45, 7) is 5.81. The number of carboxylic acids is 1. The van der Waals surface area contributed by atoms with Crippen molar-refractivity contribution >= 4 is 35.1 Å². The number of nitrogens with zero attached hydrogens (tertiary/aromatic N) is 2. The maximum atomic E-state index is 14.0. The molecule has 0 aromatic heterocycles. The Morgan fingerprint density at radius 1 is 1.09 bits per heavy atom. The molecule has 2 fully saturated rings. The topological polar surface area (TPSA) is 70.1 Å². The van der Waals surface area contributed by atoms with Crippen LogP contribution in [0.3, 0.4) is 0 Å². The van der Waals surface area contributed by atoms with Gasteiger partial charge in [0, 0.05) is 47.6 Å². The summed E-state index contributed by atoms with van der Waals surface area (Å²) in [5.41, 5.74) is 1.99. The van der Waals surface area contributed by atoms with E-state index < -0.39 is 11.9 Å². The first-order chi connectivity index (χ1) is 16.9. The lowest BCUT2D eigenvalue weighted by atomic mass is 9.74. The zero-order valence-electron chi connectivity index (χ0n) is 19.9. The van der Waals surface area contributed by atoms with Crippen LogP contribution in [0.25, 0.3) is 0 Å². The second-order valence-corrected chi connectivity index (χ2v) is 10.3. The first kappa shape index (κ1) is 26.0. The molecule has 0 radical (unpaired) electrons. The third kappa shape index (κ3) is 6.18. The lowest BCUT2D eigenvalue weighted by molar-refractivity contribution is -0.153. The Bertz CT molecular complexity index is 1030. The largest absolute Gasteiger partial charge is 0.481 e. The molecular weight excluding hydrogens is 487 g/mol. The highest BCUT2D eigenvalue weighted by atomic mass is 35.5. The number of hydrogen-bond donors (Lipinski definition) is 1. The van der Waals surface area contributed by atoms with Crippen molar-refractivity contribution < 1.29 is 19.4 Å². The van der Waals surface area contributed by atoms with Crippen LogP contribution >= 0.6 is 23.2 Å². The number of likely N-dealkylation sites (tertiary alicyclic amines) is 1. The summed E-state index contributed by atoms with van der Waals surface area (Å²) in [4.78, 5) is 30.0. The van der Waals surface area contributed by atoms with Gasteiger partial charge in [0.15, 0.2) is 0 Å². The summed E-state index contributed by atoms with van der Waals surface area (Å²) in [6, 6.07) is 15.0. The summed E-state index contributed by atoms with van der Waals surface area (Å²) < 4.78 is 5.52. The molecule has 4 atom stereocenters. The zero-order valence-corrected chi connectivity index (χ0v) is 21.4. The molecule has 2 aliphatic heterocycles. The Labute approximate surface area is 216 Å². The van der Waals surface area contributed by atoms with E-state index in [4.69, 9.17) is 27.9 Å². The van der Waals surface area contributed by atoms with Gasteiger partial charge in [0.05, 0.1) is 25.7 Å². The molecule has 8 heteroatoms. The summed E-state index contributed by atoms with van der Waals surface area (Å²) in [5, 5.41) is 10.9. The van der Waals surface area contributed by atoms with Gasteiger partial charge in [-0.3, -0.25) is 14.5 Å². The Kier molecular flexibility index (Phi) is 8.71. The van der Waals surface area contributed by atoms with E-state index in [-0.39, 0.29) is 30.3 Å². The highest BCUT2D eigenvalue weighted by Gasteiger charge is 2.46. The minimum Gasteiger partial charge on any atom is -0.481 e. The minimum atomic E-state index is -0.959. The maximum absolute atomic E-state index is 14.0. The number of hydrogen-bond acceptors (Lipinski definition) is 4. The van der Waals surface area contributed by atoms with Crippen LogP contribution in [0.1, 0.15) is 49.3 Å². The third-order valence-corrected chi connectivity index (χ3v) is 7.66. The van der Waals surface area contributed by atoms with Gasteiger partial charge < -0.3 is 14.7 Å². The molecule has 0 spiro atoms. The number of carbonyl (C=O) groups excluding carboxylic acids is 1. The fourth-order valence-corrected chi connectivity index (χ4v) is 5.80. The molecule has 188 valence electrons. The molecule has 2 aromatic rings. The Hall–Kier alpha value is -2.12. The number of rotatable bonds is 8. The molecule has 2 heterocycles. The van der Waals surface area contributed by atoms with Crippen LogP contribution in [0.5, 0.6) is 0 Å². The van der Waals surface area contributed by atoms with Crippen molar-refractivity contribution in [3.63, 3.8) is 0 Å². The molecule has 1 amide bonds. The van der Waals surface area contributed by atoms with Gasteiger partial charge in [0.1, 0.15) is 0 Å². The number of carboxylic acid groups (broad SMARTS) is 1. The molecule has 0 bridgehead atoms. The van der Waals surface area contributed by atoms with Crippen molar-refractivity contribution in [3.8, 4) is 0 Å². The quantitative estimate of drug-likeness (QED) is 0.516. The summed E-state index contributed by atoms with van der Waals surface area (Å²) in [7, 11) is 0. The van der Waals surface area contributed by atoms with Gasteiger partial charge in [0.25, 0.3) is 0 Å². The molecule has 2 aromatic carbocycles. The lowest BCUT2D eigenvalue weighted by Crippen LogP contribution is -2.55. The molecule has 35 heavy (non-hydrogen) atoms. The molecule has 2 saturated heterocycles. The van der Waals surface area contributed by atoms with E-state index in [1.807, 2.05) is 53.4 Å². The highest BCUT2D eigenvalue weighted by molar-refractivity contribution is 6.30. The number of morpholine rings is 1. The molecule has 0 aliphatic carbocycles. The van der Waals surface area contributed by atoms with E-state index in [0.29, 0.717) is 29.7 Å². The van der Waals surface area contributed by atoms with Gasteiger partial charge in [-0.1, -0.05) is 54.4 Å². The van der Waals surface area contributed by atoms with Crippen LogP contribution in [0, 0.1) is 5.92 Å². The zero-order chi connectivity index (χ0) is 24.9. The molecule has 2 aliphatic rings. The van der Waals surface area contributed by atoms with Crippen molar-refractivity contribution in [2.24, 2.45) is 5.92 Å². The van der Waals surface area contributed by atoms with E-state index in [1.54, 1.807) is 0 Å². The van der Waals surface area contributed by atoms with Crippen molar-refractivity contribution in [1.29, 1.82) is 0 Å². The Balaban J connectivity index is 1.80. The number of carbonyl (C=O) groups is 2. The second kappa shape index (κ2) is 11.7. The fourth-order valence-electron chi connectivity index (χ4n) is 5.47. The van der Waals surface area contributed by atoms with Gasteiger partial charge in [-0.15, -0.1) is 0 Å². The molecular formula is C27H32Cl2N2O4. The average molecular weight is 519 g/mol. The smallest absolute Gasteiger partial charge is 0.304 e. The van der Waals surface area contributed by atoms with Gasteiger partial charge in [0.2, 0.25) is 5.91 Å². The number of amides is 1. The highest BCUT2D eigenvalue weighted by Crippen LogP contribution is 2.47. The molecule has 4 rings (SSSR count). The Morgan fingerprint density at radius 3 is 2.43 bits per heavy atom. The van der Waals surface area contributed by atoms with E-state index in [2.05, 4.69) is 11.8 Å². The standard InChI is InChI=1S/C27H32Cl2N2O4/c1-2-23(17-30-10-12-35-13-11-30)31-26(18-6-8-21(28)9-7-18)24(19-4-3-5-22(29)14-19)15-20(27(31)34)16-25(32)33/h3-9,14,20,23-24,26H,2,10-13,15-17H2,1H3,(H,32,33)/t20?,23?,24-,26?/m1/s1. The van der Waals surface area contributed by atoms with Crippen molar-refractivity contribution in [1.82, 2.24) is 9.80 Å². The summed E-state index contributed by atoms with van der Waals surface area (Å²) in [5.74, 6) is -1.75. The number of halogens is 2. The summed E-state index contributed by atoms with van der Waals surface area (Å²) in [6.07, 6.45) is 1.02. The van der Waals surface area contributed by atoms with Gasteiger partial charge in [-0.2, -0.15) is 0 Å². The van der Waals surface area contributed by atoms with Crippen LogP contribution in [0.15, 0.2) is 48.5 Å². The number of piperidine rings is 1. The first-order valence-electron chi connectivity index (χ1n) is 12.2. The van der Waals surface area contributed by atoms with Crippen molar-refractivity contribution in [2.75, 3.05) is 32.8 Å². The molecule has 6 nitrogen and oxygen atoms in total. The van der Waals surface area contributed by atoms with Crippen LogP contribution in [0.4, 0.5) is 0 Å². The van der Waals surface area contributed by atoms with Crippen molar-refractivity contribution in [2.45, 2.75) is 44.2 Å². The minimum absolute atomic E-state index is 0.0699. The van der Waals surface area contributed by atoms with Gasteiger partial charge in [-0.25, -0.2) is 0 Å². The van der Waals surface area contributed by atoms with E-state index >= 15 is 0 Å². The van der Waals surface area contributed by atoms with Crippen LogP contribution < -0.4 is 0 Å². The fraction of sp³-hybridized carbons (Fsp3) is 0.481. The normalized spacial score (nSPS) is 24.4. The number of benzene rings is 2. The molecule has 0 saturated carbocycles. The predicted octanol–water partition coefficient (Wildman–Crippen LogP) is 5.25. The number of ether oxygens (including phenoxy) is 1. The maximum Gasteiger partial charge on any atom is 0.304 e. The van der Waals surface area contributed by atoms with Crippen LogP contribution in [0.2, 0.25) is 10.0 Å². The SMILES string of the molecule is CCC(CN1CCOCC1)N1C(=O)C(CC(=O)O)C[C@H](c2cccc(Cl)c2)C1c1ccc(Cl)cc1. The molecule has 3 unspecified atom stereocenters. The average Bonchev–Trinajstić information content (AvgIpc) is 2.85. The predicted molar refractivity (Wildman–Crippen MR) is 137 cm³/mol. The third-order valence-electron chi connectivity index (χ3n) is 7.17. The number of aliphatic carboxylic acids is 1. The van der Waals surface area contributed by atoms with E-state index in [9.17, 15) is 14.7 Å². The van der Waals surface area contributed by atoms with Gasteiger partial charge in [-0.05, 0) is 48.2 Å². The second-order valence-electron chi connectivity index (χ2n) is 9.41. The van der Waals surface area contributed by atoms with E-state index in [0.717, 1.165) is 37.2 Å². The van der Waals surface area contributed by atoms with Crippen LogP contribution in [-0.2, 0) is 14.3 Å². The van der Waals surface area contributed by atoms with Crippen LogP contribution in [-0.4, -0.2) is 65.7 Å². The Morgan fingerprint density at radius 2 is 1.80 bits per heavy atom. The van der Waals surface area contributed by atoms with Gasteiger partial charge >= 0.3 is 5.97 Å². The first-order valence-corrected chi connectivity index (χ1v) is 13.0. The summed E-state index contributed by atoms with van der Waals surface area (Å²) >= 11 is 12.6.